The maximum absolute atomic E-state index is 12.9. The third-order valence-electron chi connectivity index (χ3n) is 5.71. The van der Waals surface area contributed by atoms with Crippen LogP contribution in [0.15, 0.2) is 24.3 Å². The third kappa shape index (κ3) is 3.19. The third-order valence-corrected chi connectivity index (χ3v) is 5.71. The molecule has 0 aromatic heterocycles. The lowest BCUT2D eigenvalue weighted by Gasteiger charge is -2.38. The molecule has 0 aliphatic carbocycles. The van der Waals surface area contributed by atoms with Gasteiger partial charge in [0.05, 0.1) is 17.8 Å². The van der Waals surface area contributed by atoms with Crippen LogP contribution in [0.3, 0.4) is 0 Å². The van der Waals surface area contributed by atoms with Crippen LogP contribution in [-0.2, 0) is 10.9 Å². The summed E-state index contributed by atoms with van der Waals surface area (Å²) < 4.78 is 44.6. The van der Waals surface area contributed by atoms with Crippen molar-refractivity contribution in [2.45, 2.75) is 43.0 Å². The van der Waals surface area contributed by atoms with Crippen molar-refractivity contribution in [2.75, 3.05) is 32.8 Å². The summed E-state index contributed by atoms with van der Waals surface area (Å²) in [5, 5.41) is 3.48. The largest absolute Gasteiger partial charge is 0.416 e. The molecule has 132 valence electrons. The highest BCUT2D eigenvalue weighted by atomic mass is 19.4. The zero-order valence-electron chi connectivity index (χ0n) is 13.6. The van der Waals surface area contributed by atoms with Gasteiger partial charge in [0.1, 0.15) is 0 Å². The van der Waals surface area contributed by atoms with E-state index in [1.54, 1.807) is 0 Å². The van der Waals surface area contributed by atoms with Gasteiger partial charge in [-0.05, 0) is 49.9 Å². The Kier molecular flexibility index (Phi) is 4.09. The van der Waals surface area contributed by atoms with Gasteiger partial charge in [-0.15, -0.1) is 0 Å². The van der Waals surface area contributed by atoms with Crippen molar-refractivity contribution in [1.82, 2.24) is 10.2 Å². The predicted octanol–water partition coefficient (Wildman–Crippen LogP) is 3.02. The van der Waals surface area contributed by atoms with E-state index in [1.807, 2.05) is 6.07 Å². The van der Waals surface area contributed by atoms with E-state index < -0.39 is 11.7 Å². The van der Waals surface area contributed by atoms with Crippen LogP contribution in [0.5, 0.6) is 0 Å². The summed E-state index contributed by atoms with van der Waals surface area (Å²) in [6, 6.07) is 6.34. The molecule has 2 atom stereocenters. The summed E-state index contributed by atoms with van der Waals surface area (Å²) in [5.74, 6) is 0.222. The number of hydrogen-bond donors (Lipinski definition) is 1. The molecule has 0 spiro atoms. The molecule has 3 aliphatic heterocycles. The van der Waals surface area contributed by atoms with E-state index in [0.29, 0.717) is 6.04 Å². The van der Waals surface area contributed by atoms with E-state index in [9.17, 15) is 13.2 Å². The molecule has 2 bridgehead atoms. The fourth-order valence-corrected chi connectivity index (χ4v) is 4.40. The number of likely N-dealkylation sites (tertiary alicyclic amines) is 1. The summed E-state index contributed by atoms with van der Waals surface area (Å²) in [4.78, 5) is 2.42. The van der Waals surface area contributed by atoms with Crippen LogP contribution in [0.2, 0.25) is 0 Å². The number of rotatable bonds is 3. The Bertz CT molecular complexity index is 588. The molecule has 3 heterocycles. The smallest absolute Gasteiger partial charge is 0.371 e. The summed E-state index contributed by atoms with van der Waals surface area (Å²) in [6.07, 6.45) is -1.36. The molecule has 1 aromatic rings. The summed E-state index contributed by atoms with van der Waals surface area (Å²) in [5.41, 5.74) is 0.249. The number of alkyl halides is 3. The van der Waals surface area contributed by atoms with E-state index in [1.165, 1.54) is 12.1 Å². The van der Waals surface area contributed by atoms with Gasteiger partial charge in [-0.1, -0.05) is 18.2 Å². The molecule has 0 amide bonds. The van der Waals surface area contributed by atoms with Gasteiger partial charge in [-0.2, -0.15) is 13.2 Å². The van der Waals surface area contributed by atoms with E-state index in [0.717, 1.165) is 63.7 Å². The van der Waals surface area contributed by atoms with Gasteiger partial charge in [0.2, 0.25) is 0 Å². The highest BCUT2D eigenvalue weighted by Crippen LogP contribution is 2.36. The van der Waals surface area contributed by atoms with E-state index in [-0.39, 0.29) is 11.5 Å². The van der Waals surface area contributed by atoms with E-state index in [2.05, 4.69) is 10.2 Å². The molecule has 3 aliphatic rings. The number of piperidine rings is 1. The number of benzene rings is 1. The number of nitrogens with zero attached hydrogens (tertiary/aromatic N) is 1. The Hall–Kier alpha value is -1.11. The van der Waals surface area contributed by atoms with Crippen molar-refractivity contribution in [2.24, 2.45) is 0 Å². The van der Waals surface area contributed by atoms with Crippen LogP contribution in [0.1, 0.15) is 36.3 Å². The topological polar surface area (TPSA) is 24.5 Å². The predicted molar refractivity (Wildman–Crippen MR) is 84.9 cm³/mol. The Morgan fingerprint density at radius 1 is 1.25 bits per heavy atom. The minimum absolute atomic E-state index is 0.0340. The molecule has 3 nitrogen and oxygen atoms in total. The number of morpholine rings is 1. The van der Waals surface area contributed by atoms with Crippen LogP contribution in [0.4, 0.5) is 13.2 Å². The number of fused-ring (bicyclic) bond motifs is 2. The molecule has 1 N–H and O–H groups in total. The zero-order valence-corrected chi connectivity index (χ0v) is 13.6. The van der Waals surface area contributed by atoms with Gasteiger partial charge in [-0.3, -0.25) is 0 Å². The lowest BCUT2D eigenvalue weighted by atomic mass is 9.88. The molecule has 2 unspecified atom stereocenters. The normalized spacial score (nSPS) is 31.7. The van der Waals surface area contributed by atoms with Crippen LogP contribution >= 0.6 is 0 Å². The van der Waals surface area contributed by atoms with Crippen molar-refractivity contribution in [3.63, 3.8) is 0 Å². The number of halogens is 3. The van der Waals surface area contributed by atoms with Gasteiger partial charge >= 0.3 is 6.18 Å². The second kappa shape index (κ2) is 6.00. The SMILES string of the molecule is FC(F)(F)c1cccc(C2CCN(CC34CNC(CO3)C4)CC2)c1. The maximum Gasteiger partial charge on any atom is 0.416 e. The summed E-state index contributed by atoms with van der Waals surface area (Å²) in [7, 11) is 0. The standard InChI is InChI=1S/C18H23F3N2O/c19-18(20,21)15-3-1-2-14(8-15)13-4-6-23(7-5-13)12-17-9-16(10-24-17)22-11-17/h1-3,8,13,16,22H,4-7,9-12H2. The van der Waals surface area contributed by atoms with Crippen LogP contribution in [-0.4, -0.2) is 49.3 Å². The van der Waals surface area contributed by atoms with Crippen LogP contribution in [0.25, 0.3) is 0 Å². The fourth-order valence-electron chi connectivity index (χ4n) is 4.40. The minimum Gasteiger partial charge on any atom is -0.371 e. The minimum atomic E-state index is -4.26. The molecule has 0 radical (unpaired) electrons. The van der Waals surface area contributed by atoms with Crippen molar-refractivity contribution < 1.29 is 17.9 Å². The van der Waals surface area contributed by atoms with E-state index >= 15 is 0 Å². The number of hydrogen-bond acceptors (Lipinski definition) is 3. The summed E-state index contributed by atoms with van der Waals surface area (Å²) >= 11 is 0. The van der Waals surface area contributed by atoms with Gasteiger partial charge in [-0.25, -0.2) is 0 Å². The molecule has 1 aromatic carbocycles. The Morgan fingerprint density at radius 3 is 2.62 bits per heavy atom. The summed E-state index contributed by atoms with van der Waals surface area (Å²) in [6.45, 7) is 4.52. The second-order valence-electron chi connectivity index (χ2n) is 7.45. The van der Waals surface area contributed by atoms with Gasteiger partial charge in [0.15, 0.2) is 0 Å². The van der Waals surface area contributed by atoms with Crippen LogP contribution in [0, 0.1) is 0 Å². The zero-order chi connectivity index (χ0) is 16.8. The average molecular weight is 340 g/mol. The van der Waals surface area contributed by atoms with Gasteiger partial charge < -0.3 is 15.0 Å². The molecule has 24 heavy (non-hydrogen) atoms. The second-order valence-corrected chi connectivity index (χ2v) is 7.45. The molecular formula is C18H23F3N2O. The van der Waals surface area contributed by atoms with Gasteiger partial charge in [0, 0.05) is 19.1 Å². The Balaban J connectivity index is 1.36. The monoisotopic (exact) mass is 340 g/mol. The van der Waals surface area contributed by atoms with Crippen molar-refractivity contribution in [3.05, 3.63) is 35.4 Å². The first-order chi connectivity index (χ1) is 11.4. The first-order valence-electron chi connectivity index (χ1n) is 8.70. The number of ether oxygens (including phenoxy) is 1. The molecule has 3 saturated heterocycles. The highest BCUT2D eigenvalue weighted by molar-refractivity contribution is 5.28. The van der Waals surface area contributed by atoms with Crippen molar-refractivity contribution in [3.8, 4) is 0 Å². The quantitative estimate of drug-likeness (QED) is 0.915. The van der Waals surface area contributed by atoms with Gasteiger partial charge in [0.25, 0.3) is 0 Å². The average Bonchev–Trinajstić information content (AvgIpc) is 3.15. The molecule has 0 saturated carbocycles. The van der Waals surface area contributed by atoms with E-state index in [4.69, 9.17) is 4.74 Å². The van der Waals surface area contributed by atoms with Crippen molar-refractivity contribution in [1.29, 1.82) is 0 Å². The number of nitrogens with one attached hydrogen (secondary N) is 1. The van der Waals surface area contributed by atoms with Crippen LogP contribution < -0.4 is 5.32 Å². The lowest BCUT2D eigenvalue weighted by molar-refractivity contribution is -0.137. The molecule has 3 fully saturated rings. The highest BCUT2D eigenvalue weighted by Gasteiger charge is 2.47. The Labute approximate surface area is 140 Å². The lowest BCUT2D eigenvalue weighted by Crippen LogP contribution is -2.49. The first kappa shape index (κ1) is 16.4. The van der Waals surface area contributed by atoms with Crippen molar-refractivity contribution >= 4 is 0 Å². The molecule has 4 rings (SSSR count). The maximum atomic E-state index is 12.9. The first-order valence-corrected chi connectivity index (χ1v) is 8.70. The molecular weight excluding hydrogens is 317 g/mol. The fraction of sp³-hybridized carbons (Fsp3) is 0.667. The Morgan fingerprint density at radius 2 is 2.04 bits per heavy atom. The molecule has 6 heteroatoms.